The lowest BCUT2D eigenvalue weighted by molar-refractivity contribution is 0.102. The van der Waals surface area contributed by atoms with Crippen LogP contribution in [0.2, 0.25) is 0 Å². The Bertz CT molecular complexity index is 1020. The summed E-state index contributed by atoms with van der Waals surface area (Å²) in [5, 5.41) is 9.01. The number of rotatable bonds is 9. The Balaban J connectivity index is 1.69. The first-order valence-electron chi connectivity index (χ1n) is 9.12. The minimum Gasteiger partial charge on any atom is -0.486 e. The van der Waals surface area contributed by atoms with Gasteiger partial charge in [-0.25, -0.2) is 4.39 Å². The normalized spacial score (nSPS) is 10.7. The average Bonchev–Trinajstić information content (AvgIpc) is 3.09. The standard InChI is InChI=1S/C22H22FN3O2S/c1-4-11-26-21(13-28-18-9-7-17(23)8-10-18)24-25-22(26)29-14-20(27)19-12-15(2)5-6-16(19)3/h4-10,12H,1,11,13-14H2,2-3H3. The smallest absolute Gasteiger partial charge is 0.192 e. The van der Waals surface area contributed by atoms with Crippen molar-refractivity contribution in [1.29, 1.82) is 0 Å². The number of halogens is 1. The summed E-state index contributed by atoms with van der Waals surface area (Å²) >= 11 is 1.34. The van der Waals surface area contributed by atoms with E-state index in [1.807, 2.05) is 36.6 Å². The van der Waals surface area contributed by atoms with E-state index in [1.54, 1.807) is 18.2 Å². The number of allylic oxidation sites excluding steroid dienone is 1. The minimum atomic E-state index is -0.320. The van der Waals surface area contributed by atoms with Gasteiger partial charge in [-0.15, -0.1) is 16.8 Å². The van der Waals surface area contributed by atoms with Crippen molar-refractivity contribution < 1.29 is 13.9 Å². The predicted molar refractivity (Wildman–Crippen MR) is 112 cm³/mol. The maximum absolute atomic E-state index is 13.0. The summed E-state index contributed by atoms with van der Waals surface area (Å²) in [7, 11) is 0. The highest BCUT2D eigenvalue weighted by molar-refractivity contribution is 7.99. The highest BCUT2D eigenvalue weighted by atomic mass is 32.2. The molecule has 0 aliphatic heterocycles. The van der Waals surface area contributed by atoms with Crippen LogP contribution in [-0.2, 0) is 13.2 Å². The monoisotopic (exact) mass is 411 g/mol. The summed E-state index contributed by atoms with van der Waals surface area (Å²) in [6.45, 7) is 8.35. The van der Waals surface area contributed by atoms with Gasteiger partial charge in [0.25, 0.3) is 0 Å². The van der Waals surface area contributed by atoms with Gasteiger partial charge >= 0.3 is 0 Å². The molecule has 3 rings (SSSR count). The van der Waals surface area contributed by atoms with E-state index in [0.29, 0.717) is 23.3 Å². The van der Waals surface area contributed by atoms with Crippen LogP contribution in [0.25, 0.3) is 0 Å². The van der Waals surface area contributed by atoms with Gasteiger partial charge in [-0.1, -0.05) is 35.5 Å². The van der Waals surface area contributed by atoms with Gasteiger partial charge in [-0.2, -0.15) is 0 Å². The van der Waals surface area contributed by atoms with Crippen LogP contribution in [0, 0.1) is 19.7 Å². The predicted octanol–water partition coefficient (Wildman–Crippen LogP) is 4.77. The lowest BCUT2D eigenvalue weighted by Gasteiger charge is -2.09. The van der Waals surface area contributed by atoms with Crippen molar-refractivity contribution in [1.82, 2.24) is 14.8 Å². The number of Topliss-reactive ketones (excluding diaryl/α,β-unsaturated/α-hetero) is 1. The SMILES string of the molecule is C=CCn1c(COc2ccc(F)cc2)nnc1SCC(=O)c1cc(C)ccc1C. The molecule has 7 heteroatoms. The number of hydrogen-bond donors (Lipinski definition) is 0. The van der Waals surface area contributed by atoms with Crippen molar-refractivity contribution in [2.45, 2.75) is 32.2 Å². The minimum absolute atomic E-state index is 0.0495. The van der Waals surface area contributed by atoms with E-state index in [2.05, 4.69) is 16.8 Å². The summed E-state index contributed by atoms with van der Waals surface area (Å²) in [6.07, 6.45) is 1.74. The summed E-state index contributed by atoms with van der Waals surface area (Å²) in [6, 6.07) is 11.7. The second-order valence-corrected chi connectivity index (χ2v) is 7.51. The quantitative estimate of drug-likeness (QED) is 0.288. The molecule has 0 N–H and O–H groups in total. The van der Waals surface area contributed by atoms with E-state index < -0.39 is 0 Å². The number of aromatic nitrogens is 3. The molecule has 2 aromatic carbocycles. The molecule has 0 amide bonds. The molecule has 0 aliphatic carbocycles. The first kappa shape index (κ1) is 20.8. The van der Waals surface area contributed by atoms with E-state index in [0.717, 1.165) is 16.7 Å². The first-order chi connectivity index (χ1) is 14.0. The highest BCUT2D eigenvalue weighted by Crippen LogP contribution is 2.21. The van der Waals surface area contributed by atoms with Crippen LogP contribution >= 0.6 is 11.8 Å². The molecular weight excluding hydrogens is 389 g/mol. The Morgan fingerprint density at radius 2 is 1.97 bits per heavy atom. The largest absolute Gasteiger partial charge is 0.486 e. The van der Waals surface area contributed by atoms with Crippen LogP contribution in [0.4, 0.5) is 4.39 Å². The number of ether oxygens (including phenoxy) is 1. The zero-order valence-electron chi connectivity index (χ0n) is 16.4. The van der Waals surface area contributed by atoms with Crippen LogP contribution in [-0.4, -0.2) is 26.3 Å². The molecule has 0 spiro atoms. The number of carbonyl (C=O) groups excluding carboxylic acids is 1. The Labute approximate surface area is 173 Å². The summed E-state index contributed by atoms with van der Waals surface area (Å²) in [5.74, 6) is 1.14. The fraction of sp³-hybridized carbons (Fsp3) is 0.227. The van der Waals surface area contributed by atoms with Gasteiger partial charge in [0.05, 0.1) is 5.75 Å². The second-order valence-electron chi connectivity index (χ2n) is 6.57. The van der Waals surface area contributed by atoms with Crippen molar-refractivity contribution in [3.63, 3.8) is 0 Å². The lowest BCUT2D eigenvalue weighted by Crippen LogP contribution is -2.09. The molecule has 0 bridgehead atoms. The fourth-order valence-electron chi connectivity index (χ4n) is 2.77. The Hall–Kier alpha value is -2.93. The second kappa shape index (κ2) is 9.52. The molecule has 0 atom stereocenters. The molecule has 0 fully saturated rings. The molecule has 0 aliphatic rings. The van der Waals surface area contributed by atoms with Crippen LogP contribution in [0.3, 0.4) is 0 Å². The fourth-order valence-corrected chi connectivity index (χ4v) is 3.62. The van der Waals surface area contributed by atoms with Crippen LogP contribution in [0.15, 0.2) is 60.3 Å². The maximum Gasteiger partial charge on any atom is 0.192 e. The molecule has 5 nitrogen and oxygen atoms in total. The van der Waals surface area contributed by atoms with Crippen molar-refractivity contribution in [3.8, 4) is 5.75 Å². The molecule has 0 saturated heterocycles. The molecule has 0 saturated carbocycles. The van der Waals surface area contributed by atoms with Gasteiger partial charge in [-0.3, -0.25) is 9.36 Å². The summed E-state index contributed by atoms with van der Waals surface area (Å²) in [5.41, 5.74) is 2.74. The van der Waals surface area contributed by atoms with Gasteiger partial charge in [0.2, 0.25) is 0 Å². The van der Waals surface area contributed by atoms with Crippen molar-refractivity contribution in [2.24, 2.45) is 0 Å². The van der Waals surface area contributed by atoms with Gasteiger partial charge in [0.15, 0.2) is 16.8 Å². The zero-order valence-corrected chi connectivity index (χ0v) is 17.2. The summed E-state index contributed by atoms with van der Waals surface area (Å²) < 4.78 is 20.5. The molecule has 0 radical (unpaired) electrons. The van der Waals surface area contributed by atoms with Gasteiger partial charge in [0.1, 0.15) is 18.2 Å². The molecule has 150 valence electrons. The Kier molecular flexibility index (Phi) is 6.82. The number of hydrogen-bond acceptors (Lipinski definition) is 5. The van der Waals surface area contributed by atoms with E-state index in [-0.39, 0.29) is 24.0 Å². The molecule has 0 unspecified atom stereocenters. The Morgan fingerprint density at radius 1 is 1.21 bits per heavy atom. The topological polar surface area (TPSA) is 57.0 Å². The molecular formula is C22H22FN3O2S. The van der Waals surface area contributed by atoms with Crippen LogP contribution in [0.5, 0.6) is 5.75 Å². The number of aryl methyl sites for hydroxylation is 2. The highest BCUT2D eigenvalue weighted by Gasteiger charge is 2.16. The van der Waals surface area contributed by atoms with Gasteiger partial charge in [0, 0.05) is 12.1 Å². The van der Waals surface area contributed by atoms with E-state index >= 15 is 0 Å². The van der Waals surface area contributed by atoms with Crippen LogP contribution in [0.1, 0.15) is 27.3 Å². The van der Waals surface area contributed by atoms with Crippen molar-refractivity contribution in [3.05, 3.63) is 83.5 Å². The molecule has 29 heavy (non-hydrogen) atoms. The number of benzene rings is 2. The Morgan fingerprint density at radius 3 is 2.69 bits per heavy atom. The van der Waals surface area contributed by atoms with E-state index in [4.69, 9.17) is 4.74 Å². The number of nitrogens with zero attached hydrogens (tertiary/aromatic N) is 3. The third-order valence-electron chi connectivity index (χ3n) is 4.31. The van der Waals surface area contributed by atoms with Gasteiger partial charge in [-0.05, 0) is 49.7 Å². The number of ketones is 1. The lowest BCUT2D eigenvalue weighted by atomic mass is 10.0. The maximum atomic E-state index is 13.0. The van der Waals surface area contributed by atoms with Crippen molar-refractivity contribution in [2.75, 3.05) is 5.75 Å². The van der Waals surface area contributed by atoms with Crippen molar-refractivity contribution >= 4 is 17.5 Å². The zero-order chi connectivity index (χ0) is 20.8. The average molecular weight is 412 g/mol. The number of thioether (sulfide) groups is 1. The third-order valence-corrected chi connectivity index (χ3v) is 5.28. The first-order valence-corrected chi connectivity index (χ1v) is 10.1. The summed E-state index contributed by atoms with van der Waals surface area (Å²) in [4.78, 5) is 12.7. The molecule has 1 aromatic heterocycles. The van der Waals surface area contributed by atoms with E-state index in [1.165, 1.54) is 23.9 Å². The molecule has 1 heterocycles. The van der Waals surface area contributed by atoms with Gasteiger partial charge < -0.3 is 4.74 Å². The van der Waals surface area contributed by atoms with E-state index in [9.17, 15) is 9.18 Å². The van der Waals surface area contributed by atoms with Crippen LogP contribution < -0.4 is 4.74 Å². The molecule has 3 aromatic rings. The number of carbonyl (C=O) groups is 1. The third kappa shape index (κ3) is 5.32.